The van der Waals surface area contributed by atoms with Gasteiger partial charge in [-0.25, -0.2) is 9.97 Å². The summed E-state index contributed by atoms with van der Waals surface area (Å²) in [5, 5.41) is 3.53. The van der Waals surface area contributed by atoms with E-state index < -0.39 is 0 Å². The summed E-state index contributed by atoms with van der Waals surface area (Å²) in [5.74, 6) is 0.899. The molecule has 0 aliphatic carbocycles. The van der Waals surface area contributed by atoms with E-state index in [1.54, 1.807) is 6.33 Å². The highest BCUT2D eigenvalue weighted by Crippen LogP contribution is 2.22. The molecular weight excluding hydrogens is 340 g/mol. The monoisotopic (exact) mass is 360 g/mol. The van der Waals surface area contributed by atoms with E-state index in [2.05, 4.69) is 73.4 Å². The van der Waals surface area contributed by atoms with Gasteiger partial charge in [0.25, 0.3) is 0 Å². The minimum atomic E-state index is 0.476. The fourth-order valence-corrected chi connectivity index (χ4v) is 3.33. The third-order valence-corrected chi connectivity index (χ3v) is 4.66. The van der Waals surface area contributed by atoms with E-state index in [-0.39, 0.29) is 0 Å². The van der Waals surface area contributed by atoms with E-state index in [9.17, 15) is 0 Å². The number of aromatic nitrogens is 2. The third kappa shape index (κ3) is 4.05. The molecule has 1 N–H and O–H groups in total. The van der Waals surface area contributed by atoms with Crippen LogP contribution in [-0.2, 0) is 6.54 Å². The molecule has 2 heterocycles. The second-order valence-electron chi connectivity index (χ2n) is 5.90. The first-order valence-electron chi connectivity index (χ1n) is 7.73. The zero-order valence-electron chi connectivity index (χ0n) is 12.7. The summed E-state index contributed by atoms with van der Waals surface area (Å²) in [6.45, 7) is 4.46. The van der Waals surface area contributed by atoms with Crippen LogP contribution in [0.25, 0.3) is 0 Å². The topological polar surface area (TPSA) is 41.1 Å². The number of anilines is 1. The van der Waals surface area contributed by atoms with Crippen LogP contribution in [0.5, 0.6) is 0 Å². The first-order valence-corrected chi connectivity index (χ1v) is 8.52. The lowest BCUT2D eigenvalue weighted by Gasteiger charge is -2.38. The lowest BCUT2D eigenvalue weighted by Crippen LogP contribution is -2.44. The van der Waals surface area contributed by atoms with Crippen molar-refractivity contribution in [3.8, 4) is 0 Å². The molecule has 1 aromatic carbocycles. The molecule has 0 radical (unpaired) electrons. The van der Waals surface area contributed by atoms with Crippen molar-refractivity contribution >= 4 is 21.7 Å². The summed E-state index contributed by atoms with van der Waals surface area (Å²) in [5.41, 5.74) is 1.39. The highest BCUT2D eigenvalue weighted by molar-refractivity contribution is 9.10. The molecule has 2 aromatic rings. The smallest absolute Gasteiger partial charge is 0.130 e. The van der Waals surface area contributed by atoms with Crippen molar-refractivity contribution in [3.63, 3.8) is 0 Å². The second-order valence-corrected chi connectivity index (χ2v) is 6.71. The maximum Gasteiger partial charge on any atom is 0.130 e. The molecule has 4 nitrogen and oxygen atoms in total. The van der Waals surface area contributed by atoms with E-state index in [4.69, 9.17) is 0 Å². The van der Waals surface area contributed by atoms with Crippen LogP contribution < -0.4 is 5.32 Å². The van der Waals surface area contributed by atoms with Crippen LogP contribution in [0.1, 0.15) is 25.3 Å². The third-order valence-electron chi connectivity index (χ3n) is 4.23. The largest absolute Gasteiger partial charge is 0.367 e. The summed E-state index contributed by atoms with van der Waals surface area (Å²) in [6, 6.07) is 13.7. The minimum absolute atomic E-state index is 0.476. The number of nitrogens with zero attached hydrogens (tertiary/aromatic N) is 3. The highest BCUT2D eigenvalue weighted by Gasteiger charge is 2.25. The van der Waals surface area contributed by atoms with E-state index in [0.29, 0.717) is 12.1 Å². The van der Waals surface area contributed by atoms with Crippen LogP contribution in [0.3, 0.4) is 0 Å². The molecule has 1 fully saturated rings. The fourth-order valence-electron chi connectivity index (χ4n) is 3.03. The average molecular weight is 361 g/mol. The van der Waals surface area contributed by atoms with Gasteiger partial charge in [-0.2, -0.15) is 0 Å². The number of likely N-dealkylation sites (tertiary alicyclic amines) is 1. The van der Waals surface area contributed by atoms with Gasteiger partial charge >= 0.3 is 0 Å². The van der Waals surface area contributed by atoms with Gasteiger partial charge in [0.15, 0.2) is 0 Å². The summed E-state index contributed by atoms with van der Waals surface area (Å²) < 4.78 is 0.819. The Hall–Kier alpha value is -1.46. The van der Waals surface area contributed by atoms with Gasteiger partial charge in [-0.15, -0.1) is 0 Å². The van der Waals surface area contributed by atoms with Gasteiger partial charge in [-0.05, 0) is 41.3 Å². The molecule has 116 valence electrons. The molecule has 1 saturated heterocycles. The van der Waals surface area contributed by atoms with Crippen molar-refractivity contribution in [1.29, 1.82) is 0 Å². The number of halogens is 1. The Bertz CT molecular complexity index is 605. The van der Waals surface area contributed by atoms with Crippen molar-refractivity contribution in [2.75, 3.05) is 11.9 Å². The predicted molar refractivity (Wildman–Crippen MR) is 92.7 cm³/mol. The SMILES string of the molecule is CC1CC(Nc2cc(Br)ncn2)CCN1Cc1ccccc1. The Morgan fingerprint density at radius 2 is 2.09 bits per heavy atom. The molecule has 0 bridgehead atoms. The van der Waals surface area contributed by atoms with Crippen molar-refractivity contribution in [2.24, 2.45) is 0 Å². The zero-order valence-corrected chi connectivity index (χ0v) is 14.3. The Kier molecular flexibility index (Phi) is 5.05. The summed E-state index contributed by atoms with van der Waals surface area (Å²) in [7, 11) is 0. The van der Waals surface area contributed by atoms with E-state index >= 15 is 0 Å². The Morgan fingerprint density at radius 1 is 1.27 bits per heavy atom. The normalized spacial score (nSPS) is 22.5. The van der Waals surface area contributed by atoms with Crippen LogP contribution in [-0.4, -0.2) is 33.5 Å². The van der Waals surface area contributed by atoms with Gasteiger partial charge in [0.05, 0.1) is 0 Å². The van der Waals surface area contributed by atoms with Gasteiger partial charge in [0.1, 0.15) is 16.7 Å². The van der Waals surface area contributed by atoms with Crippen LogP contribution >= 0.6 is 15.9 Å². The lowest BCUT2D eigenvalue weighted by atomic mass is 9.97. The summed E-state index contributed by atoms with van der Waals surface area (Å²) in [4.78, 5) is 10.9. The molecule has 0 saturated carbocycles. The molecule has 2 atom stereocenters. The first-order chi connectivity index (χ1) is 10.7. The maximum absolute atomic E-state index is 4.28. The molecule has 1 aliphatic rings. The van der Waals surface area contributed by atoms with Crippen LogP contribution in [0.4, 0.5) is 5.82 Å². The second kappa shape index (κ2) is 7.20. The molecule has 1 aliphatic heterocycles. The molecule has 0 amide bonds. The maximum atomic E-state index is 4.28. The van der Waals surface area contributed by atoms with Crippen molar-refractivity contribution in [2.45, 2.75) is 38.4 Å². The Labute approximate surface area is 140 Å². The number of nitrogens with one attached hydrogen (secondary N) is 1. The van der Waals surface area contributed by atoms with Crippen LogP contribution in [0, 0.1) is 0 Å². The molecule has 0 spiro atoms. The molecule has 1 aromatic heterocycles. The van der Waals surface area contributed by atoms with Gasteiger partial charge in [-0.1, -0.05) is 30.3 Å². The standard InChI is InChI=1S/C17H21BrN4/c1-13-9-15(21-17-10-16(18)19-12-20-17)7-8-22(13)11-14-5-3-2-4-6-14/h2-6,10,12-13,15H,7-9,11H2,1H3,(H,19,20,21). The zero-order chi connectivity index (χ0) is 15.4. The fraction of sp³-hybridized carbons (Fsp3) is 0.412. The number of piperidine rings is 1. The van der Waals surface area contributed by atoms with Gasteiger partial charge in [-0.3, -0.25) is 4.90 Å². The van der Waals surface area contributed by atoms with Gasteiger partial charge in [0, 0.05) is 31.2 Å². The molecular formula is C17H21BrN4. The quantitative estimate of drug-likeness (QED) is 0.843. The van der Waals surface area contributed by atoms with E-state index in [1.807, 2.05) is 6.07 Å². The van der Waals surface area contributed by atoms with E-state index in [1.165, 1.54) is 5.56 Å². The number of rotatable bonds is 4. The minimum Gasteiger partial charge on any atom is -0.367 e. The van der Waals surface area contributed by atoms with Crippen molar-refractivity contribution in [1.82, 2.24) is 14.9 Å². The van der Waals surface area contributed by atoms with Crippen molar-refractivity contribution in [3.05, 3.63) is 52.9 Å². The molecule has 22 heavy (non-hydrogen) atoms. The Balaban J connectivity index is 1.56. The number of hydrogen-bond acceptors (Lipinski definition) is 4. The lowest BCUT2D eigenvalue weighted by molar-refractivity contribution is 0.144. The molecule has 5 heteroatoms. The highest BCUT2D eigenvalue weighted by atomic mass is 79.9. The predicted octanol–water partition coefficient (Wildman–Crippen LogP) is 3.70. The van der Waals surface area contributed by atoms with E-state index in [0.717, 1.165) is 36.4 Å². The number of hydrogen-bond donors (Lipinski definition) is 1. The molecule has 3 rings (SSSR count). The first kappa shape index (κ1) is 15.4. The Morgan fingerprint density at radius 3 is 2.82 bits per heavy atom. The summed E-state index contributed by atoms with van der Waals surface area (Å²) in [6.07, 6.45) is 3.85. The number of benzene rings is 1. The summed E-state index contributed by atoms with van der Waals surface area (Å²) >= 11 is 3.39. The molecule has 2 unspecified atom stereocenters. The van der Waals surface area contributed by atoms with Crippen LogP contribution in [0.15, 0.2) is 47.3 Å². The average Bonchev–Trinajstić information content (AvgIpc) is 2.51. The van der Waals surface area contributed by atoms with Gasteiger partial charge < -0.3 is 5.32 Å². The van der Waals surface area contributed by atoms with Gasteiger partial charge in [0.2, 0.25) is 0 Å². The van der Waals surface area contributed by atoms with Crippen molar-refractivity contribution < 1.29 is 0 Å². The van der Waals surface area contributed by atoms with Crippen LogP contribution in [0.2, 0.25) is 0 Å².